The molecule has 6 heteroatoms. The monoisotopic (exact) mass is 385 g/mol. The third-order valence-electron chi connectivity index (χ3n) is 4.92. The number of para-hydroxylation sites is 1. The Balaban J connectivity index is 1.29. The van der Waals surface area contributed by atoms with Crippen molar-refractivity contribution in [2.75, 3.05) is 17.2 Å². The molecule has 0 radical (unpaired) electrons. The Morgan fingerprint density at radius 3 is 2.52 bits per heavy atom. The second-order valence-corrected chi connectivity index (χ2v) is 6.99. The van der Waals surface area contributed by atoms with Crippen LogP contribution < -0.4 is 10.6 Å². The van der Waals surface area contributed by atoms with Crippen molar-refractivity contribution in [3.63, 3.8) is 0 Å². The van der Waals surface area contributed by atoms with Gasteiger partial charge in [0.05, 0.1) is 6.42 Å². The maximum atomic E-state index is 12.2. The van der Waals surface area contributed by atoms with Crippen LogP contribution in [0, 0.1) is 6.92 Å². The predicted octanol–water partition coefficient (Wildman–Crippen LogP) is 4.10. The topological polar surface area (TPSA) is 82.7 Å². The lowest BCUT2D eigenvalue weighted by molar-refractivity contribution is -0.115. The van der Waals surface area contributed by atoms with Crippen molar-refractivity contribution in [3.05, 3.63) is 83.6 Å². The van der Waals surface area contributed by atoms with Crippen LogP contribution >= 0.6 is 0 Å². The zero-order valence-corrected chi connectivity index (χ0v) is 16.3. The fourth-order valence-corrected chi connectivity index (χ4v) is 3.33. The molecular formula is C23H23N5O. The average molecular weight is 385 g/mol. The molecule has 3 N–H and O–H groups in total. The highest BCUT2D eigenvalue weighted by molar-refractivity contribution is 5.91. The number of aromatic amines is 1. The van der Waals surface area contributed by atoms with E-state index in [1.165, 1.54) is 10.9 Å². The Bertz CT molecular complexity index is 1120. The summed E-state index contributed by atoms with van der Waals surface area (Å²) in [7, 11) is 0. The standard InChI is InChI=1S/C23H23N5O/c1-16-6-2-3-7-17(16)14-23(29)26-22-11-10-21(27-28-22)24-13-12-18-15-25-20-9-5-4-8-19(18)20/h2-11,15,25H,12-14H2,1H3,(H,24,27)(H,26,28,29). The number of fused-ring (bicyclic) bond motifs is 1. The summed E-state index contributed by atoms with van der Waals surface area (Å²) in [6, 6.07) is 19.7. The van der Waals surface area contributed by atoms with Crippen molar-refractivity contribution in [2.24, 2.45) is 0 Å². The van der Waals surface area contributed by atoms with Crippen LogP contribution in [0.4, 0.5) is 11.6 Å². The van der Waals surface area contributed by atoms with Gasteiger partial charge in [-0.2, -0.15) is 0 Å². The summed E-state index contributed by atoms with van der Waals surface area (Å²) in [5.74, 6) is 1.03. The maximum Gasteiger partial charge on any atom is 0.230 e. The van der Waals surface area contributed by atoms with Gasteiger partial charge in [0, 0.05) is 23.6 Å². The molecule has 4 rings (SSSR count). The van der Waals surface area contributed by atoms with Gasteiger partial charge in [0.1, 0.15) is 5.82 Å². The molecule has 0 spiro atoms. The van der Waals surface area contributed by atoms with Crippen LogP contribution in [0.1, 0.15) is 16.7 Å². The van der Waals surface area contributed by atoms with Crippen molar-refractivity contribution >= 4 is 28.4 Å². The molecule has 0 bridgehead atoms. The van der Waals surface area contributed by atoms with Crippen LogP contribution in [-0.4, -0.2) is 27.6 Å². The van der Waals surface area contributed by atoms with Gasteiger partial charge >= 0.3 is 0 Å². The van der Waals surface area contributed by atoms with Gasteiger partial charge in [0.15, 0.2) is 5.82 Å². The number of aromatic nitrogens is 3. The maximum absolute atomic E-state index is 12.2. The van der Waals surface area contributed by atoms with Gasteiger partial charge in [-0.3, -0.25) is 4.79 Å². The number of nitrogens with zero attached hydrogens (tertiary/aromatic N) is 2. The fourth-order valence-electron chi connectivity index (χ4n) is 3.33. The van der Waals surface area contributed by atoms with E-state index in [0.717, 1.165) is 29.6 Å². The molecule has 0 aliphatic carbocycles. The summed E-state index contributed by atoms with van der Waals surface area (Å²) in [4.78, 5) is 15.5. The van der Waals surface area contributed by atoms with Crippen LogP contribution in [-0.2, 0) is 17.6 Å². The molecule has 29 heavy (non-hydrogen) atoms. The first kappa shape index (κ1) is 18.7. The fraction of sp³-hybridized carbons (Fsp3) is 0.174. The van der Waals surface area contributed by atoms with E-state index < -0.39 is 0 Å². The zero-order chi connectivity index (χ0) is 20.1. The largest absolute Gasteiger partial charge is 0.368 e. The molecule has 0 unspecified atom stereocenters. The van der Waals surface area contributed by atoms with Gasteiger partial charge in [-0.15, -0.1) is 10.2 Å². The highest BCUT2D eigenvalue weighted by Gasteiger charge is 2.08. The zero-order valence-electron chi connectivity index (χ0n) is 16.3. The van der Waals surface area contributed by atoms with Crippen molar-refractivity contribution in [1.29, 1.82) is 0 Å². The number of hydrogen-bond acceptors (Lipinski definition) is 4. The Morgan fingerprint density at radius 1 is 0.931 bits per heavy atom. The highest BCUT2D eigenvalue weighted by Crippen LogP contribution is 2.18. The summed E-state index contributed by atoms with van der Waals surface area (Å²) < 4.78 is 0. The molecule has 0 fully saturated rings. The van der Waals surface area contributed by atoms with Crippen molar-refractivity contribution in [2.45, 2.75) is 19.8 Å². The van der Waals surface area contributed by atoms with Crippen molar-refractivity contribution in [3.8, 4) is 0 Å². The lowest BCUT2D eigenvalue weighted by Gasteiger charge is -2.08. The van der Waals surface area contributed by atoms with E-state index in [4.69, 9.17) is 0 Å². The molecule has 6 nitrogen and oxygen atoms in total. The van der Waals surface area contributed by atoms with Gasteiger partial charge in [-0.1, -0.05) is 42.5 Å². The second kappa shape index (κ2) is 8.56. The molecule has 2 heterocycles. The minimum Gasteiger partial charge on any atom is -0.368 e. The molecule has 146 valence electrons. The van der Waals surface area contributed by atoms with Crippen molar-refractivity contribution in [1.82, 2.24) is 15.2 Å². The molecule has 0 saturated heterocycles. The molecule has 0 atom stereocenters. The number of benzene rings is 2. The predicted molar refractivity (Wildman–Crippen MR) is 116 cm³/mol. The molecular weight excluding hydrogens is 362 g/mol. The van der Waals surface area contributed by atoms with E-state index in [2.05, 4.69) is 37.9 Å². The van der Waals surface area contributed by atoms with Crippen LogP contribution in [0.2, 0.25) is 0 Å². The Morgan fingerprint density at radius 2 is 1.69 bits per heavy atom. The number of amides is 1. The first-order chi connectivity index (χ1) is 14.2. The number of H-pyrrole nitrogens is 1. The third kappa shape index (κ3) is 4.60. The number of aryl methyl sites for hydroxylation is 1. The lowest BCUT2D eigenvalue weighted by atomic mass is 10.1. The Hall–Kier alpha value is -3.67. The first-order valence-electron chi connectivity index (χ1n) is 9.66. The number of hydrogen-bond donors (Lipinski definition) is 3. The lowest BCUT2D eigenvalue weighted by Crippen LogP contribution is -2.16. The minimum atomic E-state index is -0.103. The SMILES string of the molecule is Cc1ccccc1CC(=O)Nc1ccc(NCCc2c[nH]c3ccccc23)nn1. The van der Waals surface area contributed by atoms with E-state index in [0.29, 0.717) is 18.1 Å². The van der Waals surface area contributed by atoms with Gasteiger partial charge in [0.2, 0.25) is 5.91 Å². The van der Waals surface area contributed by atoms with Gasteiger partial charge < -0.3 is 15.6 Å². The minimum absolute atomic E-state index is 0.103. The Kier molecular flexibility index (Phi) is 5.52. The van der Waals surface area contributed by atoms with Crippen molar-refractivity contribution < 1.29 is 4.79 Å². The smallest absolute Gasteiger partial charge is 0.230 e. The number of anilines is 2. The molecule has 0 aliphatic rings. The summed E-state index contributed by atoms with van der Waals surface area (Å²) in [6.45, 7) is 2.74. The molecule has 2 aromatic heterocycles. The summed E-state index contributed by atoms with van der Waals surface area (Å²) >= 11 is 0. The summed E-state index contributed by atoms with van der Waals surface area (Å²) in [5, 5.41) is 15.6. The van der Waals surface area contributed by atoms with E-state index >= 15 is 0 Å². The normalized spacial score (nSPS) is 10.8. The molecule has 2 aromatic carbocycles. The quantitative estimate of drug-likeness (QED) is 0.447. The van der Waals surface area contributed by atoms with Crippen LogP contribution in [0.3, 0.4) is 0 Å². The Labute approximate surface area is 169 Å². The second-order valence-electron chi connectivity index (χ2n) is 6.99. The van der Waals surface area contributed by atoms with E-state index in [1.807, 2.05) is 55.6 Å². The van der Waals surface area contributed by atoms with Crippen LogP contribution in [0.15, 0.2) is 66.9 Å². The van der Waals surface area contributed by atoms with E-state index in [9.17, 15) is 4.79 Å². The van der Waals surface area contributed by atoms with Gasteiger partial charge in [0.25, 0.3) is 0 Å². The molecule has 1 amide bonds. The highest BCUT2D eigenvalue weighted by atomic mass is 16.1. The third-order valence-corrected chi connectivity index (χ3v) is 4.92. The average Bonchev–Trinajstić information content (AvgIpc) is 3.14. The summed E-state index contributed by atoms with van der Waals surface area (Å²) in [6.07, 6.45) is 3.24. The summed E-state index contributed by atoms with van der Waals surface area (Å²) in [5.41, 5.74) is 4.52. The first-order valence-corrected chi connectivity index (χ1v) is 9.66. The molecule has 4 aromatic rings. The van der Waals surface area contributed by atoms with Gasteiger partial charge in [-0.25, -0.2) is 0 Å². The van der Waals surface area contributed by atoms with Crippen LogP contribution in [0.25, 0.3) is 10.9 Å². The van der Waals surface area contributed by atoms with E-state index in [-0.39, 0.29) is 5.91 Å². The number of nitrogens with one attached hydrogen (secondary N) is 3. The van der Waals surface area contributed by atoms with E-state index in [1.54, 1.807) is 6.07 Å². The number of carbonyl (C=O) groups is 1. The number of rotatable bonds is 7. The van der Waals surface area contributed by atoms with Crippen LogP contribution in [0.5, 0.6) is 0 Å². The molecule has 0 aliphatic heterocycles. The van der Waals surface area contributed by atoms with Gasteiger partial charge in [-0.05, 0) is 48.2 Å². The number of carbonyl (C=O) groups excluding carboxylic acids is 1. The molecule has 0 saturated carbocycles.